The minimum atomic E-state index is -0.216. The Morgan fingerprint density at radius 3 is 2.85 bits per heavy atom. The molecule has 2 amide bonds. The average Bonchev–Trinajstić information content (AvgIpc) is 2.66. The zero-order chi connectivity index (χ0) is 18.4. The van der Waals surface area contributed by atoms with Gasteiger partial charge in [-0.15, -0.1) is 11.8 Å². The van der Waals surface area contributed by atoms with Gasteiger partial charge in [0.15, 0.2) is 0 Å². The maximum Gasteiger partial charge on any atom is 0.318 e. The van der Waals surface area contributed by atoms with Crippen molar-refractivity contribution in [3.05, 3.63) is 65.5 Å². The van der Waals surface area contributed by atoms with Crippen molar-refractivity contribution in [2.75, 3.05) is 26.0 Å². The first-order valence-electron chi connectivity index (χ1n) is 8.68. The summed E-state index contributed by atoms with van der Waals surface area (Å²) in [5.74, 6) is 0.572. The molecular formula is C20H23FN2O2S. The van der Waals surface area contributed by atoms with E-state index in [1.54, 1.807) is 18.1 Å². The number of carbonyl (C=O) groups excluding carboxylic acids is 1. The Hall–Kier alpha value is -2.05. The van der Waals surface area contributed by atoms with Gasteiger partial charge in [-0.3, -0.25) is 0 Å². The lowest BCUT2D eigenvalue weighted by Crippen LogP contribution is -2.43. The Bertz CT molecular complexity index is 742. The van der Waals surface area contributed by atoms with Crippen LogP contribution in [0.5, 0.6) is 0 Å². The van der Waals surface area contributed by atoms with E-state index < -0.39 is 0 Å². The molecule has 6 heteroatoms. The Morgan fingerprint density at radius 2 is 2.08 bits per heavy atom. The van der Waals surface area contributed by atoms with Crippen molar-refractivity contribution in [2.24, 2.45) is 0 Å². The van der Waals surface area contributed by atoms with E-state index in [4.69, 9.17) is 4.74 Å². The highest BCUT2D eigenvalue weighted by molar-refractivity contribution is 7.99. The minimum absolute atomic E-state index is 0.155. The zero-order valence-corrected chi connectivity index (χ0v) is 15.6. The number of fused-ring (bicyclic) bond motifs is 1. The van der Waals surface area contributed by atoms with E-state index in [9.17, 15) is 9.18 Å². The Labute approximate surface area is 157 Å². The van der Waals surface area contributed by atoms with E-state index in [0.717, 1.165) is 23.3 Å². The van der Waals surface area contributed by atoms with Crippen LogP contribution in [0.4, 0.5) is 9.18 Å². The van der Waals surface area contributed by atoms with Crippen molar-refractivity contribution in [1.29, 1.82) is 0 Å². The number of urea groups is 1. The normalized spacial score (nSPS) is 16.0. The number of nitrogens with zero attached hydrogens (tertiary/aromatic N) is 1. The van der Waals surface area contributed by atoms with Gasteiger partial charge in [-0.2, -0.15) is 0 Å². The Morgan fingerprint density at radius 1 is 1.27 bits per heavy atom. The van der Waals surface area contributed by atoms with Crippen molar-refractivity contribution in [3.63, 3.8) is 0 Å². The molecule has 0 spiro atoms. The van der Waals surface area contributed by atoms with Crippen LogP contribution < -0.4 is 5.32 Å². The van der Waals surface area contributed by atoms with Crippen molar-refractivity contribution in [3.8, 4) is 0 Å². The lowest BCUT2D eigenvalue weighted by Gasteiger charge is -2.30. The summed E-state index contributed by atoms with van der Waals surface area (Å²) in [6.07, 6.45) is 0.788. The van der Waals surface area contributed by atoms with E-state index in [0.29, 0.717) is 24.6 Å². The second kappa shape index (κ2) is 9.05. The molecule has 0 fully saturated rings. The average molecular weight is 374 g/mol. The number of hydrogen-bond acceptors (Lipinski definition) is 3. The highest BCUT2D eigenvalue weighted by Crippen LogP contribution is 2.37. The van der Waals surface area contributed by atoms with E-state index >= 15 is 0 Å². The number of carbonyl (C=O) groups is 1. The first kappa shape index (κ1) is 18.7. The number of thioether (sulfide) groups is 1. The molecule has 0 aromatic heterocycles. The minimum Gasteiger partial charge on any atom is -0.383 e. The third kappa shape index (κ3) is 4.56. The third-order valence-corrected chi connectivity index (χ3v) is 5.55. The predicted molar refractivity (Wildman–Crippen MR) is 102 cm³/mol. The van der Waals surface area contributed by atoms with E-state index in [1.165, 1.54) is 17.8 Å². The number of benzene rings is 2. The molecule has 1 atom stereocenters. The molecule has 0 radical (unpaired) electrons. The van der Waals surface area contributed by atoms with E-state index in [1.807, 2.05) is 36.4 Å². The lowest BCUT2D eigenvalue weighted by atomic mass is 10.0. The van der Waals surface area contributed by atoms with Crippen LogP contribution in [0.1, 0.15) is 23.6 Å². The fraction of sp³-hybridized carbons (Fsp3) is 0.350. The van der Waals surface area contributed by atoms with Gasteiger partial charge in [0.25, 0.3) is 0 Å². The topological polar surface area (TPSA) is 41.6 Å². The molecule has 26 heavy (non-hydrogen) atoms. The van der Waals surface area contributed by atoms with Gasteiger partial charge >= 0.3 is 6.03 Å². The molecule has 1 aliphatic rings. The lowest BCUT2D eigenvalue weighted by molar-refractivity contribution is 0.144. The molecule has 1 heterocycles. The van der Waals surface area contributed by atoms with Gasteiger partial charge in [0.05, 0.1) is 12.6 Å². The molecule has 0 bridgehead atoms. The van der Waals surface area contributed by atoms with Crippen molar-refractivity contribution < 1.29 is 13.9 Å². The second-order valence-corrected chi connectivity index (χ2v) is 7.30. The van der Waals surface area contributed by atoms with E-state index in [-0.39, 0.29) is 17.9 Å². The zero-order valence-electron chi connectivity index (χ0n) is 14.8. The number of methoxy groups -OCH3 is 1. The molecule has 2 aromatic carbocycles. The number of nitrogens with one attached hydrogen (secondary N) is 1. The molecule has 2 aromatic rings. The van der Waals surface area contributed by atoms with Gasteiger partial charge in [0.1, 0.15) is 5.82 Å². The van der Waals surface area contributed by atoms with Gasteiger partial charge in [-0.05, 0) is 23.6 Å². The monoisotopic (exact) mass is 374 g/mol. The summed E-state index contributed by atoms with van der Waals surface area (Å²) in [4.78, 5) is 15.3. The van der Waals surface area contributed by atoms with Crippen LogP contribution in [0.15, 0.2) is 53.4 Å². The summed E-state index contributed by atoms with van der Waals surface area (Å²) < 4.78 is 19.2. The SMILES string of the molecule is COCCN(Cc1ccccc1)C(=O)NC1CCSc2c(F)cccc21. The van der Waals surface area contributed by atoms with Crippen LogP contribution >= 0.6 is 11.8 Å². The van der Waals surface area contributed by atoms with Crippen LogP contribution in [-0.2, 0) is 11.3 Å². The Kier molecular flexibility index (Phi) is 6.52. The highest BCUT2D eigenvalue weighted by atomic mass is 32.2. The van der Waals surface area contributed by atoms with E-state index in [2.05, 4.69) is 5.32 Å². The van der Waals surface area contributed by atoms with Crippen LogP contribution in [-0.4, -0.2) is 36.9 Å². The number of rotatable bonds is 6. The number of ether oxygens (including phenoxy) is 1. The highest BCUT2D eigenvalue weighted by Gasteiger charge is 2.26. The molecule has 0 saturated heterocycles. The van der Waals surface area contributed by atoms with Gasteiger partial charge in [0.2, 0.25) is 0 Å². The molecule has 4 nitrogen and oxygen atoms in total. The van der Waals surface area contributed by atoms with Gasteiger partial charge in [-0.1, -0.05) is 42.5 Å². The van der Waals surface area contributed by atoms with Crippen LogP contribution in [0.2, 0.25) is 0 Å². The number of halogens is 1. The molecular weight excluding hydrogens is 351 g/mol. The summed E-state index contributed by atoms with van der Waals surface area (Å²) >= 11 is 1.51. The van der Waals surface area contributed by atoms with Crippen molar-refractivity contribution in [1.82, 2.24) is 10.2 Å². The van der Waals surface area contributed by atoms with Crippen molar-refractivity contribution in [2.45, 2.75) is 23.9 Å². The fourth-order valence-corrected chi connectivity index (χ4v) is 4.18. The summed E-state index contributed by atoms with van der Waals surface area (Å²) in [5.41, 5.74) is 1.92. The maximum atomic E-state index is 14.0. The molecule has 0 aliphatic carbocycles. The number of hydrogen-bond donors (Lipinski definition) is 1. The Balaban J connectivity index is 1.73. The largest absolute Gasteiger partial charge is 0.383 e. The molecule has 0 saturated carbocycles. The smallest absolute Gasteiger partial charge is 0.318 e. The summed E-state index contributed by atoms with van der Waals surface area (Å²) in [6, 6.07) is 14.6. The van der Waals surface area contributed by atoms with Crippen LogP contribution in [0.3, 0.4) is 0 Å². The summed E-state index contributed by atoms with van der Waals surface area (Å²) in [6.45, 7) is 1.47. The summed E-state index contributed by atoms with van der Waals surface area (Å²) in [7, 11) is 1.62. The van der Waals surface area contributed by atoms with Gasteiger partial charge in [-0.25, -0.2) is 9.18 Å². The quantitative estimate of drug-likeness (QED) is 0.823. The maximum absolute atomic E-state index is 14.0. The van der Waals surface area contributed by atoms with Gasteiger partial charge < -0.3 is 15.0 Å². The third-order valence-electron chi connectivity index (χ3n) is 4.39. The van der Waals surface area contributed by atoms with Crippen molar-refractivity contribution >= 4 is 17.8 Å². The standard InChI is InChI=1S/C20H23FN2O2S/c1-25-12-11-23(14-15-6-3-2-4-7-15)20(24)22-18-10-13-26-19-16(18)8-5-9-17(19)21/h2-9,18H,10-14H2,1H3,(H,22,24). The summed E-state index contributed by atoms with van der Waals surface area (Å²) in [5, 5.41) is 3.08. The number of amides is 2. The van der Waals surface area contributed by atoms with Crippen LogP contribution in [0, 0.1) is 5.82 Å². The molecule has 138 valence electrons. The second-order valence-electron chi connectivity index (χ2n) is 6.20. The molecule has 1 N–H and O–H groups in total. The molecule has 1 aliphatic heterocycles. The first-order chi connectivity index (χ1) is 12.7. The molecule has 1 unspecified atom stereocenters. The first-order valence-corrected chi connectivity index (χ1v) is 9.67. The van der Waals surface area contributed by atoms with Crippen LogP contribution in [0.25, 0.3) is 0 Å². The molecule has 3 rings (SSSR count). The predicted octanol–water partition coefficient (Wildman–Crippen LogP) is 4.22. The van der Waals surface area contributed by atoms with Gasteiger partial charge in [0, 0.05) is 30.8 Å². The fourth-order valence-electron chi connectivity index (χ4n) is 3.03.